The summed E-state index contributed by atoms with van der Waals surface area (Å²) in [5.74, 6) is 11.7. The fourth-order valence-electron chi connectivity index (χ4n) is 12.2. The molecule has 37 heavy (non-hydrogen) atoms. The van der Waals surface area contributed by atoms with Crippen molar-refractivity contribution in [1.29, 1.82) is 0 Å². The summed E-state index contributed by atoms with van der Waals surface area (Å²) in [6.07, 6.45) is 37.2. The van der Waals surface area contributed by atoms with Crippen molar-refractivity contribution in [2.45, 2.75) is 135 Å². The Morgan fingerprint density at radius 2 is 1.05 bits per heavy atom. The van der Waals surface area contributed by atoms with Crippen molar-refractivity contribution >= 4 is 6.21 Å². The SMILES string of the molecule is C1=NCC(C2=CCCC(C3CCC(C4CCC(C5CCCC6CCCCC65)C5CCCCC45)CC3)C2)C1. The third-order valence-electron chi connectivity index (χ3n) is 13.9. The Balaban J connectivity index is 0.974. The molecule has 0 aromatic carbocycles. The van der Waals surface area contributed by atoms with Crippen LogP contribution < -0.4 is 0 Å². The third-order valence-corrected chi connectivity index (χ3v) is 13.9. The van der Waals surface area contributed by atoms with Gasteiger partial charge >= 0.3 is 0 Å². The van der Waals surface area contributed by atoms with Crippen molar-refractivity contribution in [3.8, 4) is 0 Å². The Morgan fingerprint density at radius 3 is 1.84 bits per heavy atom. The molecule has 7 aliphatic rings. The minimum absolute atomic E-state index is 0.769. The molecule has 0 amide bonds. The molecular weight excluding hydrogens is 446 g/mol. The van der Waals surface area contributed by atoms with Crippen LogP contribution in [0.25, 0.3) is 0 Å². The molecule has 7 rings (SSSR count). The Morgan fingerprint density at radius 1 is 0.486 bits per heavy atom. The highest BCUT2D eigenvalue weighted by molar-refractivity contribution is 5.61. The van der Waals surface area contributed by atoms with Gasteiger partial charge in [-0.1, -0.05) is 56.6 Å². The number of nitrogens with zero attached hydrogens (tertiary/aromatic N) is 1. The Bertz CT molecular complexity index is 807. The van der Waals surface area contributed by atoms with Crippen LogP contribution in [-0.4, -0.2) is 12.8 Å². The zero-order valence-electron chi connectivity index (χ0n) is 24.0. The van der Waals surface area contributed by atoms with Gasteiger partial charge in [-0.3, -0.25) is 4.99 Å². The van der Waals surface area contributed by atoms with Crippen molar-refractivity contribution < 1.29 is 0 Å². The van der Waals surface area contributed by atoms with Gasteiger partial charge in [0.05, 0.1) is 0 Å². The minimum Gasteiger partial charge on any atom is -0.297 e. The summed E-state index contributed by atoms with van der Waals surface area (Å²) < 4.78 is 0. The highest BCUT2D eigenvalue weighted by Crippen LogP contribution is 2.58. The molecule has 6 aliphatic carbocycles. The van der Waals surface area contributed by atoms with E-state index in [1.807, 2.05) is 0 Å². The number of hydrogen-bond acceptors (Lipinski definition) is 1. The molecule has 0 radical (unpaired) electrons. The molecule has 0 saturated heterocycles. The van der Waals surface area contributed by atoms with Crippen LogP contribution in [0, 0.1) is 65.1 Å². The van der Waals surface area contributed by atoms with Crippen LogP contribution in [0.5, 0.6) is 0 Å². The van der Waals surface area contributed by atoms with Crippen LogP contribution in [0.1, 0.15) is 135 Å². The molecule has 0 bridgehead atoms. The molecular formula is C36H57N. The summed E-state index contributed by atoms with van der Waals surface area (Å²) >= 11 is 0. The summed E-state index contributed by atoms with van der Waals surface area (Å²) in [6.45, 7) is 1.08. The van der Waals surface area contributed by atoms with Gasteiger partial charge < -0.3 is 0 Å². The summed E-state index contributed by atoms with van der Waals surface area (Å²) in [4.78, 5) is 4.56. The average molecular weight is 504 g/mol. The molecule has 1 aliphatic heterocycles. The first-order chi connectivity index (χ1) is 18.3. The topological polar surface area (TPSA) is 12.4 Å². The van der Waals surface area contributed by atoms with Gasteiger partial charge in [0.25, 0.3) is 0 Å². The van der Waals surface area contributed by atoms with Crippen LogP contribution in [-0.2, 0) is 0 Å². The van der Waals surface area contributed by atoms with Gasteiger partial charge in [-0.15, -0.1) is 0 Å². The molecule has 1 heterocycles. The van der Waals surface area contributed by atoms with Crippen molar-refractivity contribution in [2.75, 3.05) is 6.54 Å². The average Bonchev–Trinajstić information content (AvgIpc) is 3.52. The predicted octanol–water partition coefficient (Wildman–Crippen LogP) is 10.0. The number of allylic oxidation sites excluding steroid dienone is 1. The lowest BCUT2D eigenvalue weighted by molar-refractivity contribution is -0.0501. The van der Waals surface area contributed by atoms with Gasteiger partial charge in [0.2, 0.25) is 0 Å². The predicted molar refractivity (Wildman–Crippen MR) is 157 cm³/mol. The first-order valence-electron chi connectivity index (χ1n) is 17.5. The van der Waals surface area contributed by atoms with Gasteiger partial charge in [0, 0.05) is 12.5 Å². The van der Waals surface area contributed by atoms with Crippen molar-refractivity contribution in [3.05, 3.63) is 11.6 Å². The number of fused-ring (bicyclic) bond motifs is 2. The maximum atomic E-state index is 4.56. The van der Waals surface area contributed by atoms with Gasteiger partial charge in [0.1, 0.15) is 0 Å². The molecule has 9 atom stereocenters. The largest absolute Gasteiger partial charge is 0.297 e. The maximum Gasteiger partial charge on any atom is 0.0454 e. The lowest BCUT2D eigenvalue weighted by Crippen LogP contribution is -2.46. The minimum atomic E-state index is 0.769. The van der Waals surface area contributed by atoms with E-state index in [4.69, 9.17) is 0 Å². The fourth-order valence-corrected chi connectivity index (χ4v) is 12.2. The summed E-state index contributed by atoms with van der Waals surface area (Å²) in [5, 5.41) is 0. The lowest BCUT2D eigenvalue weighted by atomic mass is 9.51. The van der Waals surface area contributed by atoms with Gasteiger partial charge in [-0.25, -0.2) is 0 Å². The monoisotopic (exact) mass is 503 g/mol. The van der Waals surface area contributed by atoms with E-state index in [1.165, 1.54) is 25.7 Å². The zero-order chi connectivity index (χ0) is 24.6. The molecule has 0 N–H and O–H groups in total. The van der Waals surface area contributed by atoms with Crippen molar-refractivity contribution in [1.82, 2.24) is 0 Å². The normalized spacial score (nSPS) is 48.6. The molecule has 5 saturated carbocycles. The van der Waals surface area contributed by atoms with E-state index in [2.05, 4.69) is 17.3 Å². The third kappa shape index (κ3) is 5.17. The molecule has 1 heteroatoms. The Labute approximate surface area is 229 Å². The van der Waals surface area contributed by atoms with Crippen LogP contribution >= 0.6 is 0 Å². The molecule has 9 unspecified atom stereocenters. The van der Waals surface area contributed by atoms with Gasteiger partial charge in [-0.2, -0.15) is 0 Å². The van der Waals surface area contributed by atoms with Crippen LogP contribution in [0.2, 0.25) is 0 Å². The standard InChI is InChI=1S/C36H57N/c1-2-11-31-26(7-1)8-6-14-34(31)36-20-19-32(33-12-3-4-13-35(33)36)27-17-15-25(16-18-27)28-9-5-10-29(23-28)30-21-22-37-24-30/h10,22,25-28,30-36H,1-9,11-21,23-24H2. The zero-order valence-corrected chi connectivity index (χ0v) is 24.0. The molecule has 0 spiro atoms. The first kappa shape index (κ1) is 25.4. The smallest absolute Gasteiger partial charge is 0.0454 e. The van der Waals surface area contributed by atoms with Gasteiger partial charge in [-0.05, 0) is 155 Å². The first-order valence-corrected chi connectivity index (χ1v) is 17.5. The summed E-state index contributed by atoms with van der Waals surface area (Å²) in [7, 11) is 0. The van der Waals surface area contributed by atoms with E-state index in [1.54, 1.807) is 115 Å². The van der Waals surface area contributed by atoms with E-state index in [0.717, 1.165) is 71.6 Å². The van der Waals surface area contributed by atoms with Gasteiger partial charge in [0.15, 0.2) is 0 Å². The second-order valence-corrected chi connectivity index (χ2v) is 15.3. The van der Waals surface area contributed by atoms with Crippen molar-refractivity contribution in [3.63, 3.8) is 0 Å². The van der Waals surface area contributed by atoms with E-state index >= 15 is 0 Å². The lowest BCUT2D eigenvalue weighted by Gasteiger charge is -2.55. The molecule has 0 aromatic heterocycles. The number of aliphatic imine (C=N–C) groups is 1. The van der Waals surface area contributed by atoms with E-state index in [0.29, 0.717) is 0 Å². The maximum absolute atomic E-state index is 4.56. The summed E-state index contributed by atoms with van der Waals surface area (Å²) in [5.41, 5.74) is 1.79. The van der Waals surface area contributed by atoms with Crippen molar-refractivity contribution in [2.24, 2.45) is 70.1 Å². The van der Waals surface area contributed by atoms with Crippen LogP contribution in [0.4, 0.5) is 0 Å². The van der Waals surface area contributed by atoms with Crippen LogP contribution in [0.3, 0.4) is 0 Å². The highest BCUT2D eigenvalue weighted by atomic mass is 14.7. The summed E-state index contributed by atoms with van der Waals surface area (Å²) in [6, 6.07) is 0. The number of rotatable bonds is 4. The molecule has 0 aromatic rings. The second kappa shape index (κ2) is 11.5. The molecule has 206 valence electrons. The van der Waals surface area contributed by atoms with E-state index in [-0.39, 0.29) is 0 Å². The Kier molecular flexibility index (Phi) is 7.88. The highest BCUT2D eigenvalue weighted by Gasteiger charge is 2.49. The van der Waals surface area contributed by atoms with E-state index in [9.17, 15) is 0 Å². The number of hydrogen-bond donors (Lipinski definition) is 0. The van der Waals surface area contributed by atoms with Crippen LogP contribution in [0.15, 0.2) is 16.6 Å². The Hall–Kier alpha value is -0.590. The fraction of sp³-hybridized carbons (Fsp3) is 0.917. The van der Waals surface area contributed by atoms with E-state index < -0.39 is 0 Å². The second-order valence-electron chi connectivity index (χ2n) is 15.3. The molecule has 5 fully saturated rings. The molecule has 1 nitrogen and oxygen atoms in total. The quantitative estimate of drug-likeness (QED) is 0.338.